The molecule has 2 amide bonds. The van der Waals surface area contributed by atoms with Gasteiger partial charge in [0.2, 0.25) is 11.8 Å². The number of nitrogens with zero attached hydrogens (tertiary/aromatic N) is 1. The number of hydrogen-bond acceptors (Lipinski definition) is 4. The molecule has 1 aromatic heterocycles. The second-order valence-corrected chi connectivity index (χ2v) is 6.98. The molecule has 6 nitrogen and oxygen atoms in total. The van der Waals surface area contributed by atoms with Crippen molar-refractivity contribution in [2.45, 2.75) is 25.1 Å². The fourth-order valence-corrected chi connectivity index (χ4v) is 3.38. The van der Waals surface area contributed by atoms with Crippen LogP contribution < -0.4 is 10.1 Å². The van der Waals surface area contributed by atoms with Crippen molar-refractivity contribution in [2.24, 2.45) is 0 Å². The number of anilines is 1. The molecule has 0 aliphatic carbocycles. The minimum Gasteiger partial charge on any atom is -0.462 e. The lowest BCUT2D eigenvalue weighted by Gasteiger charge is -2.19. The van der Waals surface area contributed by atoms with Crippen molar-refractivity contribution < 1.29 is 31.9 Å². The van der Waals surface area contributed by atoms with E-state index in [1.807, 2.05) is 0 Å². The first-order chi connectivity index (χ1) is 14.2. The number of furan rings is 1. The van der Waals surface area contributed by atoms with Gasteiger partial charge in [-0.15, -0.1) is 0 Å². The van der Waals surface area contributed by atoms with E-state index < -0.39 is 17.8 Å². The van der Waals surface area contributed by atoms with Crippen LogP contribution in [0.5, 0.6) is 11.5 Å². The first kappa shape index (κ1) is 19.8. The number of rotatable bonds is 4. The smallest absolute Gasteiger partial charge is 0.416 e. The Morgan fingerprint density at radius 2 is 1.90 bits per heavy atom. The maximum absolute atomic E-state index is 12.7. The zero-order valence-electron chi connectivity index (χ0n) is 15.8. The van der Waals surface area contributed by atoms with Crippen molar-refractivity contribution in [3.8, 4) is 11.5 Å². The van der Waals surface area contributed by atoms with Gasteiger partial charge in [-0.3, -0.25) is 9.59 Å². The standard InChI is InChI=1S/C21H17F3N2O4/c1-26-17(6-7-18(26)27)20(28)25-16-11-15(10-12-8-9-29-19(12)16)30-14-4-2-13(3-5-14)21(22,23)24/h2-5,8-11,17H,6-7H2,1H3,(H,25,28). The van der Waals surface area contributed by atoms with Gasteiger partial charge in [0.05, 0.1) is 17.5 Å². The highest BCUT2D eigenvalue weighted by atomic mass is 19.4. The normalized spacial score (nSPS) is 16.9. The molecule has 9 heteroatoms. The molecule has 1 N–H and O–H groups in total. The Bertz CT molecular complexity index is 1110. The van der Waals surface area contributed by atoms with Crippen LogP contribution in [-0.4, -0.2) is 29.8 Å². The minimum atomic E-state index is -4.43. The van der Waals surface area contributed by atoms with Crippen LogP contribution in [0.3, 0.4) is 0 Å². The van der Waals surface area contributed by atoms with Crippen LogP contribution in [0.4, 0.5) is 18.9 Å². The third-order valence-electron chi connectivity index (χ3n) is 5.00. The summed E-state index contributed by atoms with van der Waals surface area (Å²) in [5.41, 5.74) is -0.00410. The van der Waals surface area contributed by atoms with E-state index in [1.165, 1.54) is 29.4 Å². The summed E-state index contributed by atoms with van der Waals surface area (Å²) in [6, 6.07) is 8.58. The van der Waals surface area contributed by atoms with Gasteiger partial charge < -0.3 is 19.4 Å². The summed E-state index contributed by atoms with van der Waals surface area (Å²) < 4.78 is 49.3. The van der Waals surface area contributed by atoms with E-state index >= 15 is 0 Å². The average Bonchev–Trinajstić information content (AvgIpc) is 3.28. The van der Waals surface area contributed by atoms with Crippen molar-refractivity contribution in [2.75, 3.05) is 12.4 Å². The first-order valence-corrected chi connectivity index (χ1v) is 9.15. The third-order valence-corrected chi connectivity index (χ3v) is 5.00. The molecule has 3 aromatic rings. The molecule has 30 heavy (non-hydrogen) atoms. The lowest BCUT2D eigenvalue weighted by atomic mass is 10.1. The molecule has 1 atom stereocenters. The highest BCUT2D eigenvalue weighted by Crippen LogP contribution is 2.35. The first-order valence-electron chi connectivity index (χ1n) is 9.15. The molecule has 0 bridgehead atoms. The molecule has 156 valence electrons. The van der Waals surface area contributed by atoms with Gasteiger partial charge in [0.25, 0.3) is 0 Å². The number of likely N-dealkylation sites (tertiary alicyclic amines) is 1. The molecule has 4 rings (SSSR count). The van der Waals surface area contributed by atoms with E-state index in [0.29, 0.717) is 35.2 Å². The monoisotopic (exact) mass is 418 g/mol. The highest BCUT2D eigenvalue weighted by molar-refractivity contribution is 6.04. The summed E-state index contributed by atoms with van der Waals surface area (Å²) >= 11 is 0. The maximum atomic E-state index is 12.7. The van der Waals surface area contributed by atoms with Crippen molar-refractivity contribution >= 4 is 28.5 Å². The second kappa shape index (κ2) is 7.40. The van der Waals surface area contributed by atoms with Gasteiger partial charge in [-0.25, -0.2) is 0 Å². The molecule has 2 aromatic carbocycles. The summed E-state index contributed by atoms with van der Waals surface area (Å²) in [6.07, 6.45) is -2.25. The van der Waals surface area contributed by atoms with E-state index in [2.05, 4.69) is 5.32 Å². The minimum absolute atomic E-state index is 0.0994. The lowest BCUT2D eigenvalue weighted by molar-refractivity contribution is -0.137. The number of ether oxygens (including phenoxy) is 1. The van der Waals surface area contributed by atoms with Crippen molar-refractivity contribution in [3.63, 3.8) is 0 Å². The molecule has 1 fully saturated rings. The number of halogens is 3. The molecule has 1 unspecified atom stereocenters. The summed E-state index contributed by atoms with van der Waals surface area (Å²) in [5, 5.41) is 3.41. The van der Waals surface area contributed by atoms with Gasteiger partial charge >= 0.3 is 6.18 Å². The van der Waals surface area contributed by atoms with E-state index in [-0.39, 0.29) is 17.6 Å². The SMILES string of the molecule is CN1C(=O)CCC1C(=O)Nc1cc(Oc2ccc(C(F)(F)F)cc2)cc2ccoc12. The molecular formula is C21H17F3N2O4. The second-order valence-electron chi connectivity index (χ2n) is 6.98. The predicted octanol–water partition coefficient (Wildman–Crippen LogP) is 4.80. The number of nitrogens with one attached hydrogen (secondary N) is 1. The van der Waals surface area contributed by atoms with Crippen molar-refractivity contribution in [1.29, 1.82) is 0 Å². The summed E-state index contributed by atoms with van der Waals surface area (Å²) in [6.45, 7) is 0. The molecule has 1 aliphatic rings. The Labute approximate surface area is 169 Å². The van der Waals surface area contributed by atoms with Crippen molar-refractivity contribution in [3.05, 3.63) is 54.3 Å². The summed E-state index contributed by atoms with van der Waals surface area (Å²) in [5.74, 6) is 0.0736. The van der Waals surface area contributed by atoms with Crippen LogP contribution in [-0.2, 0) is 15.8 Å². The zero-order chi connectivity index (χ0) is 21.5. The van der Waals surface area contributed by atoms with E-state index in [9.17, 15) is 22.8 Å². The van der Waals surface area contributed by atoms with Gasteiger partial charge in [-0.1, -0.05) is 0 Å². The molecule has 0 radical (unpaired) electrons. The quantitative estimate of drug-likeness (QED) is 0.661. The number of likely N-dealkylation sites (N-methyl/N-ethyl adjacent to an activating group) is 1. The van der Waals surface area contributed by atoms with E-state index in [4.69, 9.17) is 9.15 Å². The molecule has 2 heterocycles. The molecule has 1 saturated heterocycles. The molecular weight excluding hydrogens is 401 g/mol. The van der Waals surface area contributed by atoms with Crippen LogP contribution in [0.15, 0.2) is 53.1 Å². The van der Waals surface area contributed by atoms with Gasteiger partial charge in [0.15, 0.2) is 5.58 Å². The van der Waals surface area contributed by atoms with Crippen LogP contribution in [0.2, 0.25) is 0 Å². The summed E-state index contributed by atoms with van der Waals surface area (Å²) in [7, 11) is 1.58. The highest BCUT2D eigenvalue weighted by Gasteiger charge is 2.33. The predicted molar refractivity (Wildman–Crippen MR) is 102 cm³/mol. The fourth-order valence-electron chi connectivity index (χ4n) is 3.38. The Hall–Kier alpha value is -3.49. The Kier molecular flexibility index (Phi) is 4.89. The largest absolute Gasteiger partial charge is 0.462 e. The van der Waals surface area contributed by atoms with Crippen LogP contribution in [0.1, 0.15) is 18.4 Å². The number of hydrogen-bond donors (Lipinski definition) is 1. The van der Waals surface area contributed by atoms with E-state index in [1.54, 1.807) is 19.2 Å². The number of benzene rings is 2. The van der Waals surface area contributed by atoms with Gasteiger partial charge in [-0.2, -0.15) is 13.2 Å². The summed E-state index contributed by atoms with van der Waals surface area (Å²) in [4.78, 5) is 25.7. The Morgan fingerprint density at radius 1 is 1.17 bits per heavy atom. The topological polar surface area (TPSA) is 71.8 Å². The zero-order valence-corrected chi connectivity index (χ0v) is 15.8. The number of alkyl halides is 3. The lowest BCUT2D eigenvalue weighted by Crippen LogP contribution is -2.38. The average molecular weight is 418 g/mol. The van der Waals surface area contributed by atoms with Crippen LogP contribution in [0, 0.1) is 0 Å². The van der Waals surface area contributed by atoms with Crippen molar-refractivity contribution in [1.82, 2.24) is 4.90 Å². The van der Waals surface area contributed by atoms with Gasteiger partial charge in [0.1, 0.15) is 17.5 Å². The molecule has 0 saturated carbocycles. The molecule has 1 aliphatic heterocycles. The molecule has 0 spiro atoms. The van der Waals surface area contributed by atoms with Crippen LogP contribution in [0.25, 0.3) is 11.0 Å². The maximum Gasteiger partial charge on any atom is 0.416 e. The number of fused-ring (bicyclic) bond motifs is 1. The van der Waals surface area contributed by atoms with Gasteiger partial charge in [0, 0.05) is 24.9 Å². The van der Waals surface area contributed by atoms with Gasteiger partial charge in [-0.05, 0) is 42.8 Å². The number of amides is 2. The number of carbonyl (C=O) groups is 2. The third kappa shape index (κ3) is 3.83. The fraction of sp³-hybridized carbons (Fsp3) is 0.238. The Morgan fingerprint density at radius 3 is 2.53 bits per heavy atom. The van der Waals surface area contributed by atoms with Crippen LogP contribution >= 0.6 is 0 Å². The number of carbonyl (C=O) groups excluding carboxylic acids is 2. The van der Waals surface area contributed by atoms with E-state index in [0.717, 1.165) is 12.1 Å². The Balaban J connectivity index is 1.58.